The van der Waals surface area contributed by atoms with Crippen LogP contribution in [-0.4, -0.2) is 25.2 Å². The highest BCUT2D eigenvalue weighted by Gasteiger charge is 2.17. The molecule has 0 radical (unpaired) electrons. The number of ketones is 1. The molecule has 5 nitrogen and oxygen atoms in total. The van der Waals surface area contributed by atoms with Crippen molar-refractivity contribution in [3.05, 3.63) is 58.7 Å². The lowest BCUT2D eigenvalue weighted by atomic mass is 10.1. The van der Waals surface area contributed by atoms with Crippen molar-refractivity contribution in [1.29, 1.82) is 0 Å². The maximum atomic E-state index is 12.1. The summed E-state index contributed by atoms with van der Waals surface area (Å²) in [6.07, 6.45) is 0. The van der Waals surface area contributed by atoms with Gasteiger partial charge in [-0.2, -0.15) is 0 Å². The highest BCUT2D eigenvalue weighted by Crippen LogP contribution is 2.32. The zero-order valence-corrected chi connectivity index (χ0v) is 12.9. The van der Waals surface area contributed by atoms with E-state index >= 15 is 0 Å². The van der Waals surface area contributed by atoms with Crippen LogP contribution >= 0.6 is 0 Å². The molecule has 1 aliphatic rings. The van der Waals surface area contributed by atoms with Gasteiger partial charge in [0.2, 0.25) is 6.79 Å². The van der Waals surface area contributed by atoms with Crippen molar-refractivity contribution >= 4 is 11.8 Å². The molecule has 0 spiro atoms. The zero-order chi connectivity index (χ0) is 16.4. The van der Waals surface area contributed by atoms with Gasteiger partial charge in [0.15, 0.2) is 23.9 Å². The first-order chi connectivity index (χ1) is 11.0. The molecule has 0 N–H and O–H groups in total. The Balaban J connectivity index is 1.64. The molecular formula is C18H16O5. The summed E-state index contributed by atoms with van der Waals surface area (Å²) >= 11 is 0. The van der Waals surface area contributed by atoms with Crippen LogP contribution in [0.3, 0.4) is 0 Å². The van der Waals surface area contributed by atoms with Gasteiger partial charge in [-0.15, -0.1) is 0 Å². The number of Topliss-reactive ketones (excluding diaryl/α,β-unsaturated/α-hetero) is 1. The van der Waals surface area contributed by atoms with Gasteiger partial charge in [0.05, 0.1) is 5.56 Å². The van der Waals surface area contributed by atoms with Crippen LogP contribution in [0.5, 0.6) is 11.5 Å². The van der Waals surface area contributed by atoms with Crippen LogP contribution in [-0.2, 0) is 4.74 Å². The number of esters is 1. The SMILES string of the molecule is Cc1ccc(C(=O)OCC(=O)c2ccc3c(c2)OCO3)cc1C. The average Bonchev–Trinajstić information content (AvgIpc) is 3.02. The highest BCUT2D eigenvalue weighted by atomic mass is 16.7. The third-order valence-electron chi connectivity index (χ3n) is 3.77. The largest absolute Gasteiger partial charge is 0.454 e. The summed E-state index contributed by atoms with van der Waals surface area (Å²) in [6, 6.07) is 10.2. The number of hydrogen-bond acceptors (Lipinski definition) is 5. The van der Waals surface area contributed by atoms with Gasteiger partial charge in [0.25, 0.3) is 0 Å². The number of aryl methyl sites for hydroxylation is 2. The molecule has 3 rings (SSSR count). The topological polar surface area (TPSA) is 61.8 Å². The first-order valence-electron chi connectivity index (χ1n) is 7.22. The van der Waals surface area contributed by atoms with E-state index in [0.29, 0.717) is 22.6 Å². The highest BCUT2D eigenvalue weighted by molar-refractivity contribution is 5.99. The van der Waals surface area contributed by atoms with Crippen LogP contribution in [0.2, 0.25) is 0 Å². The number of fused-ring (bicyclic) bond motifs is 1. The van der Waals surface area contributed by atoms with Crippen LogP contribution in [0.4, 0.5) is 0 Å². The second-order valence-corrected chi connectivity index (χ2v) is 5.37. The monoisotopic (exact) mass is 312 g/mol. The minimum Gasteiger partial charge on any atom is -0.454 e. The molecule has 2 aromatic rings. The van der Waals surface area contributed by atoms with Crippen LogP contribution in [0.1, 0.15) is 31.8 Å². The summed E-state index contributed by atoms with van der Waals surface area (Å²) in [5.41, 5.74) is 2.95. The van der Waals surface area contributed by atoms with Gasteiger partial charge >= 0.3 is 5.97 Å². The Kier molecular flexibility index (Phi) is 4.02. The van der Waals surface area contributed by atoms with E-state index in [-0.39, 0.29) is 19.2 Å². The maximum absolute atomic E-state index is 12.1. The molecule has 0 amide bonds. The molecule has 0 aromatic heterocycles. The number of carbonyl (C=O) groups excluding carboxylic acids is 2. The molecule has 0 atom stereocenters. The second-order valence-electron chi connectivity index (χ2n) is 5.37. The number of rotatable bonds is 4. The quantitative estimate of drug-likeness (QED) is 0.641. The van der Waals surface area contributed by atoms with E-state index in [0.717, 1.165) is 11.1 Å². The van der Waals surface area contributed by atoms with Crippen molar-refractivity contribution < 1.29 is 23.8 Å². The van der Waals surface area contributed by atoms with E-state index in [2.05, 4.69) is 0 Å². The number of hydrogen-bond donors (Lipinski definition) is 0. The Bertz CT molecular complexity index is 779. The Hall–Kier alpha value is -2.82. The smallest absolute Gasteiger partial charge is 0.338 e. The Morgan fingerprint density at radius 2 is 1.70 bits per heavy atom. The second kappa shape index (κ2) is 6.12. The third-order valence-corrected chi connectivity index (χ3v) is 3.77. The lowest BCUT2D eigenvalue weighted by Crippen LogP contribution is -2.14. The van der Waals surface area contributed by atoms with E-state index < -0.39 is 5.97 Å². The molecule has 0 saturated heterocycles. The Morgan fingerprint density at radius 3 is 2.48 bits per heavy atom. The van der Waals surface area contributed by atoms with E-state index in [9.17, 15) is 9.59 Å². The summed E-state index contributed by atoms with van der Waals surface area (Å²) in [5, 5.41) is 0. The zero-order valence-electron chi connectivity index (χ0n) is 12.9. The normalized spacial score (nSPS) is 12.1. The molecule has 118 valence electrons. The van der Waals surface area contributed by atoms with E-state index in [1.807, 2.05) is 19.9 Å². The standard InChI is InChI=1S/C18H16O5/c1-11-3-4-14(7-12(11)2)18(20)21-9-15(19)13-5-6-16-17(8-13)23-10-22-16/h3-8H,9-10H2,1-2H3. The molecule has 0 aliphatic carbocycles. The lowest BCUT2D eigenvalue weighted by Gasteiger charge is -2.07. The van der Waals surface area contributed by atoms with Crippen molar-refractivity contribution in [2.75, 3.05) is 13.4 Å². The van der Waals surface area contributed by atoms with Gasteiger partial charge in [0, 0.05) is 5.56 Å². The minimum absolute atomic E-state index is 0.148. The predicted molar refractivity (Wildman–Crippen MR) is 83.1 cm³/mol. The van der Waals surface area contributed by atoms with Crippen LogP contribution in [0, 0.1) is 13.8 Å². The molecule has 2 aromatic carbocycles. The minimum atomic E-state index is -0.512. The number of benzene rings is 2. The molecule has 5 heteroatoms. The summed E-state index contributed by atoms with van der Waals surface area (Å²) in [6.45, 7) is 3.72. The summed E-state index contributed by atoms with van der Waals surface area (Å²) < 4.78 is 15.5. The van der Waals surface area contributed by atoms with E-state index in [1.54, 1.807) is 30.3 Å². The fourth-order valence-electron chi connectivity index (χ4n) is 2.24. The summed E-state index contributed by atoms with van der Waals surface area (Å²) in [7, 11) is 0. The molecule has 0 unspecified atom stereocenters. The van der Waals surface area contributed by atoms with Crippen molar-refractivity contribution in [3.63, 3.8) is 0 Å². The van der Waals surface area contributed by atoms with Crippen molar-refractivity contribution in [1.82, 2.24) is 0 Å². The summed E-state index contributed by atoms with van der Waals surface area (Å²) in [4.78, 5) is 24.1. The molecule has 1 heterocycles. The van der Waals surface area contributed by atoms with Gasteiger partial charge in [-0.05, 0) is 55.3 Å². The number of ether oxygens (including phenoxy) is 3. The molecule has 0 bridgehead atoms. The fraction of sp³-hybridized carbons (Fsp3) is 0.222. The molecule has 0 saturated carbocycles. The molecule has 23 heavy (non-hydrogen) atoms. The molecule has 1 aliphatic heterocycles. The van der Waals surface area contributed by atoms with E-state index in [4.69, 9.17) is 14.2 Å². The lowest BCUT2D eigenvalue weighted by molar-refractivity contribution is 0.0474. The van der Waals surface area contributed by atoms with Gasteiger partial charge in [0.1, 0.15) is 0 Å². The van der Waals surface area contributed by atoms with Gasteiger partial charge in [-0.25, -0.2) is 4.79 Å². The van der Waals surface area contributed by atoms with Gasteiger partial charge < -0.3 is 14.2 Å². The van der Waals surface area contributed by atoms with E-state index in [1.165, 1.54) is 0 Å². The van der Waals surface area contributed by atoms with Crippen molar-refractivity contribution in [2.45, 2.75) is 13.8 Å². The van der Waals surface area contributed by atoms with Gasteiger partial charge in [-0.3, -0.25) is 4.79 Å². The van der Waals surface area contributed by atoms with Crippen LogP contribution < -0.4 is 9.47 Å². The predicted octanol–water partition coefficient (Wildman–Crippen LogP) is 3.07. The maximum Gasteiger partial charge on any atom is 0.338 e. The molecular weight excluding hydrogens is 296 g/mol. The van der Waals surface area contributed by atoms with Gasteiger partial charge in [-0.1, -0.05) is 6.07 Å². The Labute approximate surface area is 133 Å². The first kappa shape index (κ1) is 15.1. The Morgan fingerprint density at radius 1 is 0.957 bits per heavy atom. The molecule has 0 fully saturated rings. The summed E-state index contributed by atoms with van der Waals surface area (Å²) in [5.74, 6) is 0.327. The van der Waals surface area contributed by atoms with Crippen LogP contribution in [0.15, 0.2) is 36.4 Å². The first-order valence-corrected chi connectivity index (χ1v) is 7.22. The number of carbonyl (C=O) groups is 2. The fourth-order valence-corrected chi connectivity index (χ4v) is 2.24. The van der Waals surface area contributed by atoms with Crippen LogP contribution in [0.25, 0.3) is 0 Å². The van der Waals surface area contributed by atoms with Crippen molar-refractivity contribution in [2.24, 2.45) is 0 Å². The van der Waals surface area contributed by atoms with Crippen molar-refractivity contribution in [3.8, 4) is 11.5 Å². The third kappa shape index (κ3) is 3.18. The average molecular weight is 312 g/mol.